The van der Waals surface area contributed by atoms with E-state index in [1.54, 1.807) is 0 Å². The number of nitrogens with zero attached hydrogens (tertiary/aromatic N) is 1. The molecular weight excluding hydrogens is 172 g/mol. The van der Waals surface area contributed by atoms with Gasteiger partial charge >= 0.3 is 0 Å². The van der Waals surface area contributed by atoms with E-state index in [1.807, 2.05) is 13.8 Å². The molecule has 1 aliphatic rings. The van der Waals surface area contributed by atoms with Gasteiger partial charge in [-0.25, -0.2) is 0 Å². The lowest BCUT2D eigenvalue weighted by Crippen LogP contribution is -2.58. The summed E-state index contributed by atoms with van der Waals surface area (Å²) >= 11 is 0. The van der Waals surface area contributed by atoms with E-state index < -0.39 is 0 Å². The Bertz CT molecular complexity index is 167. The lowest BCUT2D eigenvalue weighted by Gasteiger charge is -2.45. The van der Waals surface area contributed by atoms with Crippen molar-refractivity contribution in [2.24, 2.45) is 4.99 Å². The van der Waals surface area contributed by atoms with Crippen molar-refractivity contribution in [3.63, 3.8) is 0 Å². The van der Waals surface area contributed by atoms with E-state index in [1.165, 1.54) is 0 Å². The van der Waals surface area contributed by atoms with Crippen molar-refractivity contribution in [2.75, 3.05) is 0 Å². The molecule has 14 heavy (non-hydrogen) atoms. The quantitative estimate of drug-likeness (QED) is 0.643. The normalized spacial score (nSPS) is 24.7. The minimum absolute atomic E-state index is 0.202. The Hall–Kier alpha value is -0.370. The highest BCUT2D eigenvalue weighted by molar-refractivity contribution is 5.25. The van der Waals surface area contributed by atoms with Gasteiger partial charge in [0, 0.05) is 11.1 Å². The summed E-state index contributed by atoms with van der Waals surface area (Å²) in [5, 5.41) is 3.61. The highest BCUT2D eigenvalue weighted by atomic mass is 15.1. The van der Waals surface area contributed by atoms with Gasteiger partial charge in [0.05, 0.1) is 6.04 Å². The smallest absolute Gasteiger partial charge is 0.0527 e. The van der Waals surface area contributed by atoms with Crippen LogP contribution in [0.5, 0.6) is 0 Å². The molecular formula is C12H26N2. The molecule has 1 N–H and O–H groups in total. The molecule has 84 valence electrons. The first-order valence-electron chi connectivity index (χ1n) is 5.60. The number of hydrogen-bond donors (Lipinski definition) is 1. The zero-order chi connectivity index (χ0) is 11.4. The highest BCUT2D eigenvalue weighted by Gasteiger charge is 2.36. The number of piperidine rings is 1. The van der Waals surface area contributed by atoms with E-state index in [4.69, 9.17) is 0 Å². The van der Waals surface area contributed by atoms with E-state index in [0.717, 1.165) is 12.8 Å². The van der Waals surface area contributed by atoms with Gasteiger partial charge in [0.25, 0.3) is 0 Å². The molecule has 0 amide bonds. The maximum absolute atomic E-state index is 4.15. The summed E-state index contributed by atoms with van der Waals surface area (Å²) in [4.78, 5) is 4.15. The van der Waals surface area contributed by atoms with Crippen LogP contribution >= 0.6 is 0 Å². The summed E-state index contributed by atoms with van der Waals surface area (Å²) in [6.45, 7) is 16.6. The molecule has 0 aromatic heterocycles. The first kappa shape index (κ1) is 13.6. The van der Waals surface area contributed by atoms with Crippen molar-refractivity contribution in [1.29, 1.82) is 0 Å². The maximum Gasteiger partial charge on any atom is 0.0527 e. The van der Waals surface area contributed by atoms with Crippen LogP contribution in [-0.4, -0.2) is 23.8 Å². The molecule has 2 heteroatoms. The third-order valence-corrected chi connectivity index (χ3v) is 2.43. The molecule has 0 bridgehead atoms. The maximum atomic E-state index is 4.15. The zero-order valence-electron chi connectivity index (χ0n) is 10.6. The Balaban J connectivity index is 0.000000791. The number of rotatable bonds is 1. The van der Waals surface area contributed by atoms with Crippen LogP contribution in [0.1, 0.15) is 54.4 Å². The highest BCUT2D eigenvalue weighted by Crippen LogP contribution is 2.29. The molecule has 0 atom stereocenters. The van der Waals surface area contributed by atoms with Crippen LogP contribution in [0.2, 0.25) is 0 Å². The van der Waals surface area contributed by atoms with E-state index in [9.17, 15) is 0 Å². The molecule has 1 heterocycles. The topological polar surface area (TPSA) is 24.4 Å². The van der Waals surface area contributed by atoms with Crippen molar-refractivity contribution >= 4 is 6.72 Å². The average Bonchev–Trinajstić information content (AvgIpc) is 2.02. The minimum atomic E-state index is 0.202. The monoisotopic (exact) mass is 198 g/mol. The second-order valence-corrected chi connectivity index (χ2v) is 5.14. The van der Waals surface area contributed by atoms with Crippen molar-refractivity contribution < 1.29 is 0 Å². The van der Waals surface area contributed by atoms with Crippen molar-refractivity contribution in [2.45, 2.75) is 71.5 Å². The Morgan fingerprint density at radius 3 is 1.71 bits per heavy atom. The largest absolute Gasteiger partial charge is 0.307 e. The van der Waals surface area contributed by atoms with Gasteiger partial charge < -0.3 is 5.32 Å². The fraction of sp³-hybridized carbons (Fsp3) is 0.917. The Morgan fingerprint density at radius 1 is 1.07 bits per heavy atom. The third kappa shape index (κ3) is 4.23. The summed E-state index contributed by atoms with van der Waals surface area (Å²) in [5.74, 6) is 0. The van der Waals surface area contributed by atoms with Crippen molar-refractivity contribution in [3.8, 4) is 0 Å². The standard InChI is InChI=1S/C10H20N2.C2H6/c1-9(2)6-8(11-5)7-10(3,4)12-9;1-2/h8,12H,5-7H2,1-4H3;1-2H3. The van der Waals surface area contributed by atoms with Gasteiger partial charge in [0.2, 0.25) is 0 Å². The molecule has 1 saturated heterocycles. The molecule has 0 aromatic carbocycles. The average molecular weight is 198 g/mol. The van der Waals surface area contributed by atoms with Gasteiger partial charge in [-0.2, -0.15) is 0 Å². The molecule has 0 aromatic rings. The lowest BCUT2D eigenvalue weighted by molar-refractivity contribution is 0.165. The van der Waals surface area contributed by atoms with Crippen molar-refractivity contribution in [1.82, 2.24) is 5.32 Å². The number of nitrogens with one attached hydrogen (secondary N) is 1. The van der Waals surface area contributed by atoms with Crippen LogP contribution < -0.4 is 5.32 Å². The fourth-order valence-electron chi connectivity index (χ4n) is 2.40. The minimum Gasteiger partial charge on any atom is -0.307 e. The van der Waals surface area contributed by atoms with Gasteiger partial charge in [0.1, 0.15) is 0 Å². The van der Waals surface area contributed by atoms with Gasteiger partial charge in [-0.1, -0.05) is 13.8 Å². The molecule has 0 saturated carbocycles. The summed E-state index contributed by atoms with van der Waals surface area (Å²) in [5.41, 5.74) is 0.404. The van der Waals surface area contributed by atoms with E-state index in [-0.39, 0.29) is 11.1 Å². The summed E-state index contributed by atoms with van der Waals surface area (Å²) in [6, 6.07) is 0.427. The van der Waals surface area contributed by atoms with E-state index >= 15 is 0 Å². The zero-order valence-corrected chi connectivity index (χ0v) is 10.6. The number of aliphatic imine (C=N–C) groups is 1. The Labute approximate surface area is 89.2 Å². The molecule has 1 rings (SSSR count). The molecule has 0 radical (unpaired) electrons. The van der Waals surface area contributed by atoms with Crippen LogP contribution in [-0.2, 0) is 0 Å². The molecule has 0 unspecified atom stereocenters. The molecule has 2 nitrogen and oxygen atoms in total. The van der Waals surface area contributed by atoms with Crippen LogP contribution in [0.4, 0.5) is 0 Å². The first-order chi connectivity index (χ1) is 6.35. The molecule has 1 fully saturated rings. The van der Waals surface area contributed by atoms with E-state index in [0.29, 0.717) is 6.04 Å². The van der Waals surface area contributed by atoms with Crippen LogP contribution in [0.25, 0.3) is 0 Å². The summed E-state index contributed by atoms with van der Waals surface area (Å²) in [7, 11) is 0. The fourth-order valence-corrected chi connectivity index (χ4v) is 2.40. The molecule has 0 spiro atoms. The second-order valence-electron chi connectivity index (χ2n) is 5.14. The van der Waals surface area contributed by atoms with Crippen LogP contribution in [0.3, 0.4) is 0 Å². The lowest BCUT2D eigenvalue weighted by atomic mass is 9.80. The predicted octanol–water partition coefficient (Wildman–Crippen LogP) is 3.02. The van der Waals surface area contributed by atoms with Crippen molar-refractivity contribution in [3.05, 3.63) is 0 Å². The van der Waals surface area contributed by atoms with Gasteiger partial charge in [-0.05, 0) is 47.3 Å². The van der Waals surface area contributed by atoms with Gasteiger partial charge in [-0.15, -0.1) is 0 Å². The van der Waals surface area contributed by atoms with Gasteiger partial charge in [0.15, 0.2) is 0 Å². The molecule has 0 aliphatic carbocycles. The Morgan fingerprint density at radius 2 is 1.43 bits per heavy atom. The number of hydrogen-bond acceptors (Lipinski definition) is 2. The first-order valence-corrected chi connectivity index (χ1v) is 5.60. The van der Waals surface area contributed by atoms with E-state index in [2.05, 4.69) is 44.7 Å². The Kier molecular flexibility index (Phi) is 4.79. The second kappa shape index (κ2) is 4.92. The van der Waals surface area contributed by atoms with Crippen LogP contribution in [0.15, 0.2) is 4.99 Å². The predicted molar refractivity (Wildman–Crippen MR) is 65.2 cm³/mol. The SMILES string of the molecule is C=NC1CC(C)(C)NC(C)(C)C1.CC. The third-order valence-electron chi connectivity index (χ3n) is 2.43. The van der Waals surface area contributed by atoms with Crippen LogP contribution in [0, 0.1) is 0 Å². The molecule has 1 aliphatic heterocycles. The summed E-state index contributed by atoms with van der Waals surface area (Å²) in [6.07, 6.45) is 2.19. The van der Waals surface area contributed by atoms with Gasteiger partial charge in [-0.3, -0.25) is 4.99 Å². The summed E-state index contributed by atoms with van der Waals surface area (Å²) < 4.78 is 0.